The monoisotopic (exact) mass is 183 g/mol. The van der Waals surface area contributed by atoms with Crippen LogP contribution < -0.4 is 5.73 Å². The zero-order valence-electron chi connectivity index (χ0n) is 9.47. The van der Waals surface area contributed by atoms with Crippen LogP contribution in [0.2, 0.25) is 0 Å². The van der Waals surface area contributed by atoms with Crippen LogP contribution in [0.3, 0.4) is 0 Å². The van der Waals surface area contributed by atoms with Gasteiger partial charge >= 0.3 is 0 Å². The molecule has 2 atom stereocenters. The molecule has 2 unspecified atom stereocenters. The highest BCUT2D eigenvalue weighted by Gasteiger charge is 2.26. The molecular formula is C12H25N. The van der Waals surface area contributed by atoms with E-state index in [4.69, 9.17) is 5.73 Å². The summed E-state index contributed by atoms with van der Waals surface area (Å²) in [7, 11) is 0. The van der Waals surface area contributed by atoms with Gasteiger partial charge in [-0.1, -0.05) is 27.2 Å². The van der Waals surface area contributed by atoms with Gasteiger partial charge in [0.25, 0.3) is 0 Å². The highest BCUT2D eigenvalue weighted by Crippen LogP contribution is 2.37. The predicted molar refractivity (Wildman–Crippen MR) is 58.6 cm³/mol. The first-order chi connectivity index (χ1) is 6.05. The highest BCUT2D eigenvalue weighted by molar-refractivity contribution is 4.80. The molecule has 0 aromatic carbocycles. The van der Waals surface area contributed by atoms with E-state index in [1.54, 1.807) is 0 Å². The summed E-state index contributed by atoms with van der Waals surface area (Å²) in [6.07, 6.45) is 7.99. The second kappa shape index (κ2) is 4.45. The Hall–Kier alpha value is -0.0400. The molecule has 0 aromatic rings. The van der Waals surface area contributed by atoms with Crippen molar-refractivity contribution in [3.63, 3.8) is 0 Å². The lowest BCUT2D eigenvalue weighted by Gasteiger charge is -2.23. The summed E-state index contributed by atoms with van der Waals surface area (Å²) < 4.78 is 0. The van der Waals surface area contributed by atoms with Crippen molar-refractivity contribution in [2.24, 2.45) is 17.1 Å². The van der Waals surface area contributed by atoms with Crippen LogP contribution in [-0.2, 0) is 0 Å². The first-order valence-corrected chi connectivity index (χ1v) is 5.81. The number of nitrogens with two attached hydrogens (primary N) is 1. The van der Waals surface area contributed by atoms with Crippen molar-refractivity contribution < 1.29 is 0 Å². The molecule has 78 valence electrons. The van der Waals surface area contributed by atoms with Crippen molar-refractivity contribution in [3.8, 4) is 0 Å². The molecule has 0 bridgehead atoms. The molecule has 1 nitrogen and oxygen atoms in total. The molecule has 1 heteroatoms. The number of hydrogen-bond donors (Lipinski definition) is 1. The molecule has 1 aliphatic rings. The topological polar surface area (TPSA) is 26.0 Å². The third-order valence-electron chi connectivity index (χ3n) is 3.70. The molecule has 0 amide bonds. The molecule has 13 heavy (non-hydrogen) atoms. The second-order valence-corrected chi connectivity index (χ2v) is 5.43. The van der Waals surface area contributed by atoms with Crippen LogP contribution >= 0.6 is 0 Å². The summed E-state index contributed by atoms with van der Waals surface area (Å²) in [6, 6.07) is 0.453. The van der Waals surface area contributed by atoms with Gasteiger partial charge in [-0.25, -0.2) is 0 Å². The molecule has 0 radical (unpaired) electrons. The quantitative estimate of drug-likeness (QED) is 0.653. The van der Waals surface area contributed by atoms with E-state index in [1.165, 1.54) is 32.1 Å². The first kappa shape index (κ1) is 11.0. The summed E-state index contributed by atoms with van der Waals surface area (Å²) in [6.45, 7) is 7.00. The van der Waals surface area contributed by atoms with E-state index in [9.17, 15) is 0 Å². The largest absolute Gasteiger partial charge is 0.327 e. The molecular weight excluding hydrogens is 158 g/mol. The van der Waals surface area contributed by atoms with E-state index < -0.39 is 0 Å². The van der Waals surface area contributed by atoms with Crippen molar-refractivity contribution in [2.45, 2.75) is 65.3 Å². The van der Waals surface area contributed by atoms with E-state index in [0.717, 1.165) is 12.3 Å². The smallest absolute Gasteiger partial charge is 0.00645 e. The molecule has 0 saturated heterocycles. The average Bonchev–Trinajstić information content (AvgIpc) is 2.25. The fourth-order valence-electron chi connectivity index (χ4n) is 2.45. The summed E-state index contributed by atoms with van der Waals surface area (Å²) in [5.74, 6) is 0.798. The average molecular weight is 183 g/mol. The molecule has 0 heterocycles. The van der Waals surface area contributed by atoms with Crippen LogP contribution in [0.15, 0.2) is 0 Å². The Bertz CT molecular complexity index is 151. The van der Waals surface area contributed by atoms with Crippen LogP contribution in [0.4, 0.5) is 0 Å². The maximum absolute atomic E-state index is 6.11. The fraction of sp³-hybridized carbons (Fsp3) is 1.00. The third-order valence-corrected chi connectivity index (χ3v) is 3.70. The Morgan fingerprint density at radius 2 is 2.00 bits per heavy atom. The minimum absolute atomic E-state index is 0.453. The maximum atomic E-state index is 6.11. The van der Waals surface area contributed by atoms with Crippen LogP contribution in [0.1, 0.15) is 59.3 Å². The fourth-order valence-corrected chi connectivity index (χ4v) is 2.45. The standard InChI is InChI=1S/C12H25N/c1-4-11(13)10-6-5-8-12(2,3)9-7-10/h10-11H,4-9,13H2,1-3H3. The van der Waals surface area contributed by atoms with Crippen LogP contribution in [0, 0.1) is 11.3 Å². The van der Waals surface area contributed by atoms with Crippen molar-refractivity contribution in [3.05, 3.63) is 0 Å². The minimum Gasteiger partial charge on any atom is -0.327 e. The van der Waals surface area contributed by atoms with E-state index >= 15 is 0 Å². The molecule has 1 rings (SSSR count). The van der Waals surface area contributed by atoms with Gasteiger partial charge in [0, 0.05) is 6.04 Å². The molecule has 0 spiro atoms. The second-order valence-electron chi connectivity index (χ2n) is 5.43. The van der Waals surface area contributed by atoms with Crippen molar-refractivity contribution in [1.29, 1.82) is 0 Å². The van der Waals surface area contributed by atoms with Gasteiger partial charge in [0.15, 0.2) is 0 Å². The lowest BCUT2D eigenvalue weighted by atomic mass is 9.84. The first-order valence-electron chi connectivity index (χ1n) is 5.81. The SMILES string of the molecule is CCC(N)C1CCCC(C)(C)CC1. The molecule has 1 saturated carbocycles. The van der Waals surface area contributed by atoms with Gasteiger partial charge in [-0.15, -0.1) is 0 Å². The third kappa shape index (κ3) is 3.30. The van der Waals surface area contributed by atoms with Gasteiger partial charge in [-0.3, -0.25) is 0 Å². The Labute approximate surface area is 83.1 Å². The summed E-state index contributed by atoms with van der Waals surface area (Å²) in [4.78, 5) is 0. The lowest BCUT2D eigenvalue weighted by Crippen LogP contribution is -2.29. The van der Waals surface area contributed by atoms with Gasteiger partial charge in [0.2, 0.25) is 0 Å². The normalized spacial score (nSPS) is 30.9. The van der Waals surface area contributed by atoms with Gasteiger partial charge in [-0.2, -0.15) is 0 Å². The molecule has 0 aromatic heterocycles. The predicted octanol–water partition coefficient (Wildman–Crippen LogP) is 3.33. The summed E-state index contributed by atoms with van der Waals surface area (Å²) in [5.41, 5.74) is 6.68. The summed E-state index contributed by atoms with van der Waals surface area (Å²) in [5, 5.41) is 0. The number of rotatable bonds is 2. The minimum atomic E-state index is 0.453. The van der Waals surface area contributed by atoms with Crippen LogP contribution in [-0.4, -0.2) is 6.04 Å². The lowest BCUT2D eigenvalue weighted by molar-refractivity contribution is 0.299. The maximum Gasteiger partial charge on any atom is 0.00645 e. The Morgan fingerprint density at radius 3 is 2.62 bits per heavy atom. The van der Waals surface area contributed by atoms with E-state index in [1.807, 2.05) is 0 Å². The van der Waals surface area contributed by atoms with Crippen molar-refractivity contribution >= 4 is 0 Å². The molecule has 0 aliphatic heterocycles. The van der Waals surface area contributed by atoms with E-state index in [-0.39, 0.29) is 0 Å². The Morgan fingerprint density at radius 1 is 1.31 bits per heavy atom. The summed E-state index contributed by atoms with van der Waals surface area (Å²) >= 11 is 0. The van der Waals surface area contributed by atoms with Gasteiger partial charge in [0.1, 0.15) is 0 Å². The highest BCUT2D eigenvalue weighted by atomic mass is 14.6. The Kier molecular flexibility index (Phi) is 3.78. The van der Waals surface area contributed by atoms with Crippen LogP contribution in [0.5, 0.6) is 0 Å². The van der Waals surface area contributed by atoms with Crippen LogP contribution in [0.25, 0.3) is 0 Å². The number of hydrogen-bond acceptors (Lipinski definition) is 1. The van der Waals surface area contributed by atoms with E-state index in [2.05, 4.69) is 20.8 Å². The molecule has 1 fully saturated rings. The van der Waals surface area contributed by atoms with Crippen molar-refractivity contribution in [2.75, 3.05) is 0 Å². The Balaban J connectivity index is 2.45. The zero-order valence-corrected chi connectivity index (χ0v) is 9.47. The van der Waals surface area contributed by atoms with E-state index in [0.29, 0.717) is 11.5 Å². The van der Waals surface area contributed by atoms with Crippen molar-refractivity contribution in [1.82, 2.24) is 0 Å². The molecule has 2 N–H and O–H groups in total. The van der Waals surface area contributed by atoms with Gasteiger partial charge < -0.3 is 5.73 Å². The zero-order chi connectivity index (χ0) is 9.90. The van der Waals surface area contributed by atoms with Gasteiger partial charge in [0.05, 0.1) is 0 Å². The van der Waals surface area contributed by atoms with Gasteiger partial charge in [-0.05, 0) is 43.4 Å². The molecule has 1 aliphatic carbocycles.